The van der Waals surface area contributed by atoms with Crippen LogP contribution in [0.1, 0.15) is 42.7 Å². The van der Waals surface area contributed by atoms with Gasteiger partial charge in [0.25, 0.3) is 0 Å². The Morgan fingerprint density at radius 3 is 2.63 bits per heavy atom. The summed E-state index contributed by atoms with van der Waals surface area (Å²) in [4.78, 5) is 16.8. The summed E-state index contributed by atoms with van der Waals surface area (Å²) in [6, 6.07) is 15.3. The molecule has 1 unspecified atom stereocenters. The van der Waals surface area contributed by atoms with E-state index in [2.05, 4.69) is 23.1 Å². The van der Waals surface area contributed by atoms with Gasteiger partial charge in [-0.25, -0.2) is 4.39 Å². The first-order valence-corrected chi connectivity index (χ1v) is 10.1. The van der Waals surface area contributed by atoms with Crippen molar-refractivity contribution in [1.29, 1.82) is 0 Å². The molecule has 0 saturated carbocycles. The number of hydrogen-bond acceptors (Lipinski definition) is 2. The summed E-state index contributed by atoms with van der Waals surface area (Å²) >= 11 is 0. The molecule has 2 aliphatic heterocycles. The van der Waals surface area contributed by atoms with E-state index in [1.165, 1.54) is 11.1 Å². The maximum atomic E-state index is 13.1. The minimum Gasteiger partial charge on any atom is -0.312 e. The van der Waals surface area contributed by atoms with Gasteiger partial charge in [-0.1, -0.05) is 30.3 Å². The van der Waals surface area contributed by atoms with Gasteiger partial charge in [0.1, 0.15) is 5.82 Å². The normalized spacial score (nSPS) is 21.0. The van der Waals surface area contributed by atoms with Crippen molar-refractivity contribution in [3.8, 4) is 0 Å². The smallest absolute Gasteiger partial charge is 0.226 e. The molecule has 1 amide bonds. The van der Waals surface area contributed by atoms with Gasteiger partial charge in [0.15, 0.2) is 0 Å². The van der Waals surface area contributed by atoms with Gasteiger partial charge in [-0.05, 0) is 67.5 Å². The highest BCUT2D eigenvalue weighted by Gasteiger charge is 2.25. The quantitative estimate of drug-likeness (QED) is 0.784. The summed E-state index contributed by atoms with van der Waals surface area (Å²) in [7, 11) is 0. The second kappa shape index (κ2) is 8.22. The molecule has 1 atom stereocenters. The standard InChI is InChI=1S/C23H27FN2O/c24-21-10-8-18(9-11-21)20-13-16-25(17-20)15-12-19-5-1-2-6-22(19)26-14-4-3-7-23(26)27/h1-2,5-6,8-11,20H,3-4,7,12-17H2. The van der Waals surface area contributed by atoms with Crippen LogP contribution in [0.25, 0.3) is 0 Å². The zero-order chi connectivity index (χ0) is 18.6. The number of amides is 1. The third-order valence-corrected chi connectivity index (χ3v) is 5.92. The molecule has 4 heteroatoms. The van der Waals surface area contributed by atoms with Gasteiger partial charge in [0.2, 0.25) is 5.91 Å². The Balaban J connectivity index is 1.38. The van der Waals surface area contributed by atoms with Gasteiger partial charge >= 0.3 is 0 Å². The van der Waals surface area contributed by atoms with E-state index in [0.717, 1.165) is 57.5 Å². The number of hydrogen-bond donors (Lipinski definition) is 0. The maximum absolute atomic E-state index is 13.1. The monoisotopic (exact) mass is 366 g/mol. The van der Waals surface area contributed by atoms with Crippen molar-refractivity contribution >= 4 is 11.6 Å². The predicted molar refractivity (Wildman–Crippen MR) is 107 cm³/mol. The van der Waals surface area contributed by atoms with E-state index in [1.54, 1.807) is 12.1 Å². The zero-order valence-electron chi connectivity index (χ0n) is 15.7. The fourth-order valence-corrected chi connectivity index (χ4v) is 4.37. The number of likely N-dealkylation sites (tertiary alicyclic amines) is 1. The molecule has 0 bridgehead atoms. The topological polar surface area (TPSA) is 23.6 Å². The highest BCUT2D eigenvalue weighted by Crippen LogP contribution is 2.29. The number of anilines is 1. The lowest BCUT2D eigenvalue weighted by Crippen LogP contribution is -2.36. The van der Waals surface area contributed by atoms with E-state index in [0.29, 0.717) is 12.3 Å². The number of carbonyl (C=O) groups is 1. The fourth-order valence-electron chi connectivity index (χ4n) is 4.37. The molecule has 0 N–H and O–H groups in total. The van der Waals surface area contributed by atoms with Crippen molar-refractivity contribution in [2.75, 3.05) is 31.1 Å². The summed E-state index contributed by atoms with van der Waals surface area (Å²) in [5.41, 5.74) is 3.59. The maximum Gasteiger partial charge on any atom is 0.226 e. The Bertz CT molecular complexity index is 789. The molecule has 2 heterocycles. The van der Waals surface area contributed by atoms with E-state index in [-0.39, 0.29) is 11.7 Å². The number of carbonyl (C=O) groups excluding carboxylic acids is 1. The average Bonchev–Trinajstić information content (AvgIpc) is 3.17. The van der Waals surface area contributed by atoms with Crippen molar-refractivity contribution in [1.82, 2.24) is 4.90 Å². The van der Waals surface area contributed by atoms with E-state index >= 15 is 0 Å². The fraction of sp³-hybridized carbons (Fsp3) is 0.435. The molecular formula is C23H27FN2O. The van der Waals surface area contributed by atoms with Crippen molar-refractivity contribution in [2.24, 2.45) is 0 Å². The van der Waals surface area contributed by atoms with Crippen LogP contribution < -0.4 is 4.90 Å². The third-order valence-electron chi connectivity index (χ3n) is 5.92. The third kappa shape index (κ3) is 4.22. The Morgan fingerprint density at radius 1 is 1.00 bits per heavy atom. The number of halogens is 1. The van der Waals surface area contributed by atoms with Gasteiger partial charge < -0.3 is 9.80 Å². The van der Waals surface area contributed by atoms with Crippen LogP contribution in [0, 0.1) is 5.82 Å². The van der Waals surface area contributed by atoms with Crippen molar-refractivity contribution < 1.29 is 9.18 Å². The summed E-state index contributed by atoms with van der Waals surface area (Å²) < 4.78 is 13.1. The van der Waals surface area contributed by atoms with Crippen LogP contribution in [-0.2, 0) is 11.2 Å². The molecule has 0 radical (unpaired) electrons. The molecule has 2 aromatic rings. The lowest BCUT2D eigenvalue weighted by molar-refractivity contribution is -0.119. The number of rotatable bonds is 5. The van der Waals surface area contributed by atoms with Crippen molar-refractivity contribution in [3.05, 3.63) is 65.5 Å². The summed E-state index contributed by atoms with van der Waals surface area (Å²) in [6.07, 6.45) is 4.84. The Kier molecular flexibility index (Phi) is 5.53. The molecule has 2 saturated heterocycles. The Hall–Kier alpha value is -2.20. The Labute approximate surface area is 160 Å². The van der Waals surface area contributed by atoms with Crippen molar-refractivity contribution in [3.63, 3.8) is 0 Å². The number of para-hydroxylation sites is 1. The van der Waals surface area contributed by atoms with Crippen LogP contribution in [0.2, 0.25) is 0 Å². The largest absolute Gasteiger partial charge is 0.312 e. The second-order valence-electron chi connectivity index (χ2n) is 7.72. The molecule has 27 heavy (non-hydrogen) atoms. The van der Waals surface area contributed by atoms with Gasteiger partial charge in [-0.3, -0.25) is 4.79 Å². The predicted octanol–water partition coefficient (Wildman–Crippen LogP) is 4.37. The highest BCUT2D eigenvalue weighted by molar-refractivity contribution is 5.94. The van der Waals surface area contributed by atoms with E-state index in [9.17, 15) is 9.18 Å². The number of piperidine rings is 1. The van der Waals surface area contributed by atoms with E-state index in [1.807, 2.05) is 23.1 Å². The lowest BCUT2D eigenvalue weighted by atomic mass is 9.98. The molecule has 0 spiro atoms. The summed E-state index contributed by atoms with van der Waals surface area (Å²) in [5, 5.41) is 0. The van der Waals surface area contributed by atoms with Gasteiger partial charge in [-0.2, -0.15) is 0 Å². The minimum atomic E-state index is -0.169. The van der Waals surface area contributed by atoms with Gasteiger partial charge in [-0.15, -0.1) is 0 Å². The summed E-state index contributed by atoms with van der Waals surface area (Å²) in [5.74, 6) is 0.577. The van der Waals surface area contributed by atoms with Crippen LogP contribution >= 0.6 is 0 Å². The molecular weight excluding hydrogens is 339 g/mol. The minimum absolute atomic E-state index is 0.169. The van der Waals surface area contributed by atoms with E-state index < -0.39 is 0 Å². The number of nitrogens with zero attached hydrogens (tertiary/aromatic N) is 2. The molecule has 2 aliphatic rings. The highest BCUT2D eigenvalue weighted by atomic mass is 19.1. The average molecular weight is 366 g/mol. The zero-order valence-corrected chi connectivity index (χ0v) is 15.7. The van der Waals surface area contributed by atoms with Gasteiger partial charge in [0.05, 0.1) is 0 Å². The van der Waals surface area contributed by atoms with Crippen LogP contribution in [-0.4, -0.2) is 37.0 Å². The van der Waals surface area contributed by atoms with Crippen LogP contribution in [0.5, 0.6) is 0 Å². The van der Waals surface area contributed by atoms with Crippen LogP contribution in [0.15, 0.2) is 48.5 Å². The molecule has 2 aromatic carbocycles. The molecule has 4 rings (SSSR count). The molecule has 0 aliphatic carbocycles. The second-order valence-corrected chi connectivity index (χ2v) is 7.72. The van der Waals surface area contributed by atoms with Gasteiger partial charge in [0, 0.05) is 31.7 Å². The first-order valence-electron chi connectivity index (χ1n) is 10.1. The number of benzene rings is 2. The summed E-state index contributed by atoms with van der Waals surface area (Å²) in [6.45, 7) is 3.94. The van der Waals surface area contributed by atoms with Crippen molar-refractivity contribution in [2.45, 2.75) is 38.0 Å². The molecule has 0 aromatic heterocycles. The van der Waals surface area contributed by atoms with E-state index in [4.69, 9.17) is 0 Å². The lowest BCUT2D eigenvalue weighted by Gasteiger charge is -2.29. The first kappa shape index (κ1) is 18.2. The molecule has 3 nitrogen and oxygen atoms in total. The van der Waals surface area contributed by atoms with Crippen LogP contribution in [0.4, 0.5) is 10.1 Å². The molecule has 2 fully saturated rings. The SMILES string of the molecule is O=C1CCCCN1c1ccccc1CCN1CCC(c2ccc(F)cc2)C1. The first-order chi connectivity index (χ1) is 13.2. The Morgan fingerprint density at radius 2 is 1.81 bits per heavy atom. The molecule has 142 valence electrons. The van der Waals surface area contributed by atoms with Crippen LogP contribution in [0.3, 0.4) is 0 Å².